The van der Waals surface area contributed by atoms with E-state index >= 15 is 0 Å². The third-order valence-electron chi connectivity index (χ3n) is 4.12. The van der Waals surface area contributed by atoms with Gasteiger partial charge in [0.15, 0.2) is 0 Å². The number of nitro benzene ring substituents is 1. The van der Waals surface area contributed by atoms with Gasteiger partial charge in [-0.15, -0.1) is 0 Å². The first-order chi connectivity index (χ1) is 12.8. The van der Waals surface area contributed by atoms with Gasteiger partial charge in [0.1, 0.15) is 5.65 Å². The quantitative estimate of drug-likeness (QED) is 0.533. The Morgan fingerprint density at radius 2 is 1.93 bits per heavy atom. The van der Waals surface area contributed by atoms with Crippen molar-refractivity contribution in [2.24, 2.45) is 14.1 Å². The minimum Gasteiger partial charge on any atom is -0.324 e. The smallest absolute Gasteiger partial charge is 0.324 e. The van der Waals surface area contributed by atoms with Crippen LogP contribution in [0.1, 0.15) is 5.56 Å². The number of nitro groups is 1. The summed E-state index contributed by atoms with van der Waals surface area (Å²) in [7, 11) is 2.84. The van der Waals surface area contributed by atoms with E-state index in [9.17, 15) is 24.5 Å². The summed E-state index contributed by atoms with van der Waals surface area (Å²) in [6.45, 7) is 0. The molecular weight excluding hydrogens is 354 g/mol. The van der Waals surface area contributed by atoms with Gasteiger partial charge in [-0.05, 0) is 6.07 Å². The monoisotopic (exact) mass is 369 g/mol. The van der Waals surface area contributed by atoms with Gasteiger partial charge in [-0.2, -0.15) is 0 Å². The molecule has 0 radical (unpaired) electrons. The molecule has 1 amide bonds. The lowest BCUT2D eigenvalue weighted by Crippen LogP contribution is -2.37. The van der Waals surface area contributed by atoms with Crippen molar-refractivity contribution in [3.8, 4) is 0 Å². The zero-order valence-corrected chi connectivity index (χ0v) is 14.5. The summed E-state index contributed by atoms with van der Waals surface area (Å²) < 4.78 is 2.18. The van der Waals surface area contributed by atoms with Crippen molar-refractivity contribution in [3.63, 3.8) is 0 Å². The first kappa shape index (κ1) is 18.0. The van der Waals surface area contributed by atoms with Crippen LogP contribution in [0.15, 0.2) is 46.1 Å². The van der Waals surface area contributed by atoms with Crippen molar-refractivity contribution in [1.82, 2.24) is 14.1 Å². The van der Waals surface area contributed by atoms with Gasteiger partial charge in [0, 0.05) is 25.7 Å². The summed E-state index contributed by atoms with van der Waals surface area (Å²) in [5.41, 5.74) is -0.467. The number of benzene rings is 1. The first-order valence-corrected chi connectivity index (χ1v) is 7.87. The standard InChI is InChI=1S/C17H15N5O5/c1-20-15-12(16(24)21(2)17(20)25)8-11(9-18-15)19-14(23)7-10-5-3-4-6-13(10)22(26)27/h3-6,8-9H,7H2,1-2H3,(H,19,23). The molecule has 0 fully saturated rings. The average molecular weight is 369 g/mol. The molecule has 0 atom stereocenters. The van der Waals surface area contributed by atoms with E-state index in [1.54, 1.807) is 6.07 Å². The number of para-hydroxylation sites is 1. The number of carbonyl (C=O) groups excluding carboxylic acids is 1. The number of amides is 1. The fraction of sp³-hybridized carbons (Fsp3) is 0.176. The molecule has 3 rings (SSSR count). The van der Waals surface area contributed by atoms with Gasteiger partial charge in [-0.1, -0.05) is 18.2 Å². The maximum atomic E-state index is 12.3. The van der Waals surface area contributed by atoms with Gasteiger partial charge in [0.2, 0.25) is 5.91 Å². The molecule has 0 saturated heterocycles. The Morgan fingerprint density at radius 1 is 1.22 bits per heavy atom. The largest absolute Gasteiger partial charge is 0.332 e. The van der Waals surface area contributed by atoms with Crippen LogP contribution < -0.4 is 16.6 Å². The summed E-state index contributed by atoms with van der Waals surface area (Å²) in [4.78, 5) is 51.0. The van der Waals surface area contributed by atoms with Crippen molar-refractivity contribution in [1.29, 1.82) is 0 Å². The van der Waals surface area contributed by atoms with E-state index < -0.39 is 22.1 Å². The molecule has 3 aromatic rings. The van der Waals surface area contributed by atoms with E-state index in [1.165, 1.54) is 49.1 Å². The number of fused-ring (bicyclic) bond motifs is 1. The molecule has 1 aromatic carbocycles. The molecule has 0 aliphatic heterocycles. The van der Waals surface area contributed by atoms with Gasteiger partial charge in [0.05, 0.1) is 28.6 Å². The van der Waals surface area contributed by atoms with Crippen LogP contribution in [-0.4, -0.2) is 24.9 Å². The maximum absolute atomic E-state index is 12.3. The predicted octanol–water partition coefficient (Wildman–Crippen LogP) is 0.722. The lowest BCUT2D eigenvalue weighted by molar-refractivity contribution is -0.385. The van der Waals surface area contributed by atoms with Gasteiger partial charge in [-0.25, -0.2) is 9.78 Å². The second-order valence-electron chi connectivity index (χ2n) is 5.91. The van der Waals surface area contributed by atoms with Crippen molar-refractivity contribution in [2.45, 2.75) is 6.42 Å². The summed E-state index contributed by atoms with van der Waals surface area (Å²) in [5.74, 6) is -0.493. The Kier molecular flexibility index (Phi) is 4.55. The number of pyridine rings is 1. The van der Waals surface area contributed by atoms with Crippen LogP contribution in [-0.2, 0) is 25.3 Å². The number of aromatic nitrogens is 3. The molecule has 0 unspecified atom stereocenters. The predicted molar refractivity (Wildman–Crippen MR) is 97.7 cm³/mol. The number of hydrogen-bond acceptors (Lipinski definition) is 6. The molecule has 1 N–H and O–H groups in total. The summed E-state index contributed by atoms with van der Waals surface area (Å²) in [6.07, 6.45) is 1.11. The summed E-state index contributed by atoms with van der Waals surface area (Å²) in [5, 5.41) is 13.8. The fourth-order valence-electron chi connectivity index (χ4n) is 2.75. The van der Waals surface area contributed by atoms with E-state index in [0.29, 0.717) is 0 Å². The molecule has 10 heteroatoms. The topological polar surface area (TPSA) is 129 Å². The number of nitrogens with zero attached hydrogens (tertiary/aromatic N) is 4. The fourth-order valence-corrected chi connectivity index (χ4v) is 2.75. The molecule has 0 aliphatic carbocycles. The normalized spacial score (nSPS) is 10.7. The van der Waals surface area contributed by atoms with Crippen molar-refractivity contribution < 1.29 is 9.72 Å². The number of hydrogen-bond donors (Lipinski definition) is 1. The number of nitrogens with one attached hydrogen (secondary N) is 1. The van der Waals surface area contributed by atoms with Crippen LogP contribution in [0.25, 0.3) is 11.0 Å². The lowest BCUT2D eigenvalue weighted by atomic mass is 10.1. The molecule has 138 valence electrons. The highest BCUT2D eigenvalue weighted by atomic mass is 16.6. The Balaban J connectivity index is 1.91. The van der Waals surface area contributed by atoms with Crippen LogP contribution in [0.3, 0.4) is 0 Å². The molecule has 2 heterocycles. The van der Waals surface area contributed by atoms with Crippen LogP contribution in [0.4, 0.5) is 11.4 Å². The number of rotatable bonds is 4. The number of carbonyl (C=O) groups is 1. The van der Waals surface area contributed by atoms with E-state index in [-0.39, 0.29) is 34.4 Å². The van der Waals surface area contributed by atoms with Gasteiger partial charge < -0.3 is 5.32 Å². The molecular formula is C17H15N5O5. The highest BCUT2D eigenvalue weighted by Crippen LogP contribution is 2.19. The Labute approximate surface area is 151 Å². The van der Waals surface area contributed by atoms with Crippen molar-refractivity contribution >= 4 is 28.3 Å². The highest BCUT2D eigenvalue weighted by Gasteiger charge is 2.16. The zero-order valence-electron chi connectivity index (χ0n) is 14.5. The van der Waals surface area contributed by atoms with E-state index in [0.717, 1.165) is 4.57 Å². The van der Waals surface area contributed by atoms with Crippen LogP contribution >= 0.6 is 0 Å². The van der Waals surface area contributed by atoms with Gasteiger partial charge in [0.25, 0.3) is 11.2 Å². The zero-order chi connectivity index (χ0) is 19.7. The second kappa shape index (κ2) is 6.83. The number of anilines is 1. The SMILES string of the molecule is Cn1c(=O)c2cc(NC(=O)Cc3ccccc3[N+](=O)[O-])cnc2n(C)c1=O. The third-order valence-corrected chi connectivity index (χ3v) is 4.12. The molecule has 0 aliphatic rings. The minimum atomic E-state index is -0.551. The summed E-state index contributed by atoms with van der Waals surface area (Å²) >= 11 is 0. The van der Waals surface area contributed by atoms with E-state index in [4.69, 9.17) is 0 Å². The third kappa shape index (κ3) is 3.32. The molecule has 10 nitrogen and oxygen atoms in total. The molecule has 2 aromatic heterocycles. The molecule has 27 heavy (non-hydrogen) atoms. The van der Waals surface area contributed by atoms with Crippen LogP contribution in [0.5, 0.6) is 0 Å². The van der Waals surface area contributed by atoms with Gasteiger partial charge >= 0.3 is 5.69 Å². The van der Waals surface area contributed by atoms with Crippen LogP contribution in [0, 0.1) is 10.1 Å². The van der Waals surface area contributed by atoms with E-state index in [2.05, 4.69) is 10.3 Å². The maximum Gasteiger partial charge on any atom is 0.332 e. The average Bonchev–Trinajstić information content (AvgIpc) is 2.64. The first-order valence-electron chi connectivity index (χ1n) is 7.87. The van der Waals surface area contributed by atoms with Gasteiger partial charge in [-0.3, -0.25) is 28.8 Å². The Morgan fingerprint density at radius 3 is 2.63 bits per heavy atom. The second-order valence-corrected chi connectivity index (χ2v) is 5.91. The molecule has 0 spiro atoms. The summed E-state index contributed by atoms with van der Waals surface area (Å²) in [6, 6.07) is 7.37. The van der Waals surface area contributed by atoms with Crippen molar-refractivity contribution in [2.75, 3.05) is 5.32 Å². The minimum absolute atomic E-state index is 0.145. The highest BCUT2D eigenvalue weighted by molar-refractivity contribution is 5.94. The molecule has 0 bridgehead atoms. The Bertz CT molecular complexity index is 1190. The molecule has 0 saturated carbocycles. The van der Waals surface area contributed by atoms with Crippen molar-refractivity contribution in [3.05, 3.63) is 73.0 Å². The Hall–Kier alpha value is -3.82. The lowest BCUT2D eigenvalue weighted by Gasteiger charge is -2.09. The van der Waals surface area contributed by atoms with Crippen LogP contribution in [0.2, 0.25) is 0 Å². The number of aryl methyl sites for hydroxylation is 1. The van der Waals surface area contributed by atoms with E-state index in [1.807, 2.05) is 0 Å².